The second-order valence-electron chi connectivity index (χ2n) is 8.68. The number of hydrogen-bond acceptors (Lipinski definition) is 4. The van der Waals surface area contributed by atoms with Gasteiger partial charge < -0.3 is 5.32 Å². The Balaban J connectivity index is 1.68. The number of para-hydroxylation sites is 1. The van der Waals surface area contributed by atoms with Gasteiger partial charge in [-0.1, -0.05) is 55.8 Å². The van der Waals surface area contributed by atoms with Gasteiger partial charge in [-0.2, -0.15) is 0 Å². The highest BCUT2D eigenvalue weighted by Gasteiger charge is 2.17. The summed E-state index contributed by atoms with van der Waals surface area (Å²) in [7, 11) is 0. The van der Waals surface area contributed by atoms with Crippen molar-refractivity contribution < 1.29 is 4.79 Å². The van der Waals surface area contributed by atoms with Crippen LogP contribution in [-0.2, 0) is 17.8 Å². The normalized spacial score (nSPS) is 11.5. The second-order valence-corrected chi connectivity index (χ2v) is 8.68. The molecule has 0 fully saturated rings. The first-order chi connectivity index (χ1) is 15.4. The van der Waals surface area contributed by atoms with Gasteiger partial charge in [0.2, 0.25) is 11.7 Å². The smallest absolute Gasteiger partial charge is 0.263 e. The molecule has 7 heteroatoms. The largest absolute Gasteiger partial charge is 0.356 e. The van der Waals surface area contributed by atoms with Crippen molar-refractivity contribution in [1.82, 2.24) is 24.5 Å². The first-order valence-electron chi connectivity index (χ1n) is 11.1. The molecule has 2 heterocycles. The van der Waals surface area contributed by atoms with Gasteiger partial charge in [0.05, 0.1) is 17.4 Å². The summed E-state index contributed by atoms with van der Waals surface area (Å²) in [6.07, 6.45) is 1.72. The predicted molar refractivity (Wildman–Crippen MR) is 126 cm³/mol. The Bertz CT molecular complexity index is 1300. The van der Waals surface area contributed by atoms with E-state index in [-0.39, 0.29) is 11.5 Å². The zero-order valence-electron chi connectivity index (χ0n) is 18.8. The molecule has 4 rings (SSSR count). The average molecular weight is 432 g/mol. The van der Waals surface area contributed by atoms with Crippen molar-refractivity contribution in [1.29, 1.82) is 0 Å². The Morgan fingerprint density at radius 1 is 1.06 bits per heavy atom. The zero-order chi connectivity index (χ0) is 22.7. The summed E-state index contributed by atoms with van der Waals surface area (Å²) in [5.41, 5.74) is 2.84. The number of hydrogen-bond donors (Lipinski definition) is 1. The van der Waals surface area contributed by atoms with Crippen LogP contribution in [0, 0.1) is 12.8 Å². The molecule has 1 amide bonds. The van der Waals surface area contributed by atoms with E-state index in [9.17, 15) is 9.59 Å². The Kier molecular flexibility index (Phi) is 6.35. The third kappa shape index (κ3) is 4.56. The Labute approximate surface area is 187 Å². The van der Waals surface area contributed by atoms with E-state index in [0.717, 1.165) is 17.5 Å². The number of aromatic nitrogens is 4. The number of aryl methyl sites for hydroxylation is 2. The molecule has 0 spiro atoms. The SMILES string of the molecule is Cc1ccc(Cn2c(=O)c3ccccc3n3c(CCC(=O)NCCC(C)C)nnc23)cc1. The molecule has 1 N–H and O–H groups in total. The molecule has 0 bridgehead atoms. The maximum Gasteiger partial charge on any atom is 0.263 e. The quantitative estimate of drug-likeness (QED) is 0.463. The van der Waals surface area contributed by atoms with E-state index in [1.54, 1.807) is 4.57 Å². The number of nitrogens with zero attached hydrogens (tertiary/aromatic N) is 4. The van der Waals surface area contributed by atoms with E-state index in [4.69, 9.17) is 0 Å². The zero-order valence-corrected chi connectivity index (χ0v) is 18.8. The van der Waals surface area contributed by atoms with Gasteiger partial charge in [-0.3, -0.25) is 18.6 Å². The van der Waals surface area contributed by atoms with Crippen LogP contribution >= 0.6 is 0 Å². The molecule has 0 radical (unpaired) electrons. The molecular formula is C25H29N5O2. The lowest BCUT2D eigenvalue weighted by molar-refractivity contribution is -0.121. The molecule has 4 aromatic rings. The van der Waals surface area contributed by atoms with Gasteiger partial charge in [0, 0.05) is 19.4 Å². The maximum atomic E-state index is 13.3. The number of carbonyl (C=O) groups is 1. The van der Waals surface area contributed by atoms with Crippen LogP contribution in [-0.4, -0.2) is 31.6 Å². The van der Waals surface area contributed by atoms with Crippen LogP contribution in [0.4, 0.5) is 0 Å². The highest BCUT2D eigenvalue weighted by Crippen LogP contribution is 2.17. The Morgan fingerprint density at radius 3 is 2.56 bits per heavy atom. The molecule has 2 aromatic heterocycles. The van der Waals surface area contributed by atoms with Crippen molar-refractivity contribution in [2.45, 2.75) is 46.6 Å². The van der Waals surface area contributed by atoms with Crippen LogP contribution in [0.1, 0.15) is 43.6 Å². The van der Waals surface area contributed by atoms with E-state index in [0.29, 0.717) is 48.8 Å². The van der Waals surface area contributed by atoms with Crippen molar-refractivity contribution in [3.63, 3.8) is 0 Å². The summed E-state index contributed by atoms with van der Waals surface area (Å²) in [4.78, 5) is 25.6. The summed E-state index contributed by atoms with van der Waals surface area (Å²) in [6.45, 7) is 7.39. The van der Waals surface area contributed by atoms with Gasteiger partial charge >= 0.3 is 0 Å². The van der Waals surface area contributed by atoms with Crippen LogP contribution in [0.25, 0.3) is 16.7 Å². The first-order valence-corrected chi connectivity index (χ1v) is 11.1. The minimum absolute atomic E-state index is 0.000294. The van der Waals surface area contributed by atoms with Crippen LogP contribution in [0.15, 0.2) is 53.3 Å². The third-order valence-corrected chi connectivity index (χ3v) is 5.66. The molecule has 0 aliphatic rings. The van der Waals surface area contributed by atoms with Crippen LogP contribution in [0.2, 0.25) is 0 Å². The Hall–Kier alpha value is -3.48. The number of nitrogens with one attached hydrogen (secondary N) is 1. The number of carbonyl (C=O) groups excluding carboxylic acids is 1. The van der Waals surface area contributed by atoms with Crippen molar-refractivity contribution >= 4 is 22.6 Å². The van der Waals surface area contributed by atoms with Crippen molar-refractivity contribution in [3.8, 4) is 0 Å². The maximum absolute atomic E-state index is 13.3. The van der Waals surface area contributed by atoms with E-state index < -0.39 is 0 Å². The van der Waals surface area contributed by atoms with Crippen molar-refractivity contribution in [3.05, 3.63) is 75.8 Å². The molecule has 7 nitrogen and oxygen atoms in total. The molecular weight excluding hydrogens is 402 g/mol. The summed E-state index contributed by atoms with van der Waals surface area (Å²) in [5, 5.41) is 12.3. The number of benzene rings is 2. The van der Waals surface area contributed by atoms with Gasteiger partial charge in [0.25, 0.3) is 5.56 Å². The summed E-state index contributed by atoms with van der Waals surface area (Å²) in [6, 6.07) is 15.6. The monoisotopic (exact) mass is 431 g/mol. The molecule has 0 atom stereocenters. The molecule has 2 aromatic carbocycles. The number of rotatable bonds is 8. The topological polar surface area (TPSA) is 81.3 Å². The molecule has 0 unspecified atom stereocenters. The highest BCUT2D eigenvalue weighted by atomic mass is 16.1. The minimum Gasteiger partial charge on any atom is -0.356 e. The average Bonchev–Trinajstić information content (AvgIpc) is 3.20. The van der Waals surface area contributed by atoms with Gasteiger partial charge in [0.1, 0.15) is 5.82 Å². The second kappa shape index (κ2) is 9.34. The van der Waals surface area contributed by atoms with Crippen LogP contribution in [0.3, 0.4) is 0 Å². The summed E-state index contributed by atoms with van der Waals surface area (Å²) in [5.74, 6) is 1.71. The van der Waals surface area contributed by atoms with E-state index in [1.807, 2.05) is 59.9 Å². The fourth-order valence-corrected chi connectivity index (χ4v) is 3.81. The van der Waals surface area contributed by atoms with E-state index in [1.165, 1.54) is 5.56 Å². The molecule has 0 saturated carbocycles. The fraction of sp³-hybridized carbons (Fsp3) is 0.360. The molecule has 32 heavy (non-hydrogen) atoms. The summed E-state index contributed by atoms with van der Waals surface area (Å²) >= 11 is 0. The van der Waals surface area contributed by atoms with Crippen molar-refractivity contribution in [2.75, 3.05) is 6.54 Å². The summed E-state index contributed by atoms with van der Waals surface area (Å²) < 4.78 is 3.57. The van der Waals surface area contributed by atoms with Gasteiger partial charge in [-0.15, -0.1) is 10.2 Å². The first kappa shape index (κ1) is 21.7. The van der Waals surface area contributed by atoms with Gasteiger partial charge in [-0.05, 0) is 37.0 Å². The number of amides is 1. The number of fused-ring (bicyclic) bond motifs is 3. The lowest BCUT2D eigenvalue weighted by Gasteiger charge is -2.12. The van der Waals surface area contributed by atoms with Crippen LogP contribution in [0.5, 0.6) is 0 Å². The van der Waals surface area contributed by atoms with E-state index in [2.05, 4.69) is 29.4 Å². The van der Waals surface area contributed by atoms with Crippen molar-refractivity contribution in [2.24, 2.45) is 5.92 Å². The molecule has 0 aliphatic heterocycles. The highest BCUT2D eigenvalue weighted by molar-refractivity contribution is 5.80. The minimum atomic E-state index is -0.0981. The van der Waals surface area contributed by atoms with Crippen LogP contribution < -0.4 is 10.9 Å². The molecule has 166 valence electrons. The predicted octanol–water partition coefficient (Wildman–Crippen LogP) is 3.50. The van der Waals surface area contributed by atoms with Gasteiger partial charge in [0.15, 0.2) is 0 Å². The fourth-order valence-electron chi connectivity index (χ4n) is 3.81. The molecule has 0 saturated heterocycles. The van der Waals surface area contributed by atoms with Gasteiger partial charge in [-0.25, -0.2) is 0 Å². The lowest BCUT2D eigenvalue weighted by Crippen LogP contribution is -2.26. The molecule has 0 aliphatic carbocycles. The lowest BCUT2D eigenvalue weighted by atomic mass is 10.1. The standard InChI is InChI=1S/C25H29N5O2/c1-17(2)14-15-26-23(31)13-12-22-27-28-25-29(16-19-10-8-18(3)9-11-19)24(32)20-6-4-5-7-21(20)30(22)25/h4-11,17H,12-16H2,1-3H3,(H,26,31). The Morgan fingerprint density at radius 2 is 1.81 bits per heavy atom. The van der Waals surface area contributed by atoms with E-state index >= 15 is 0 Å². The third-order valence-electron chi connectivity index (χ3n) is 5.66.